The first-order valence-electron chi connectivity index (χ1n) is 13.0. The van der Waals surface area contributed by atoms with Crippen molar-refractivity contribution in [3.63, 3.8) is 0 Å². The molecule has 4 rings (SSSR count). The van der Waals surface area contributed by atoms with Crippen LogP contribution in [0.15, 0.2) is 72.8 Å². The fourth-order valence-electron chi connectivity index (χ4n) is 4.94. The van der Waals surface area contributed by atoms with Gasteiger partial charge in [-0.1, -0.05) is 75.4 Å². The van der Waals surface area contributed by atoms with Crippen molar-refractivity contribution in [1.29, 1.82) is 0 Å². The average molecular weight is 500 g/mol. The zero-order valence-corrected chi connectivity index (χ0v) is 22.3. The third-order valence-corrected chi connectivity index (χ3v) is 7.02. The van der Waals surface area contributed by atoms with Gasteiger partial charge in [-0.2, -0.15) is 0 Å². The first-order valence-corrected chi connectivity index (χ1v) is 13.0. The summed E-state index contributed by atoms with van der Waals surface area (Å²) in [7, 11) is 0. The van der Waals surface area contributed by atoms with Crippen LogP contribution >= 0.6 is 0 Å². The van der Waals surface area contributed by atoms with E-state index in [-0.39, 0.29) is 29.9 Å². The molecule has 1 aliphatic heterocycles. The van der Waals surface area contributed by atoms with E-state index < -0.39 is 5.97 Å². The third kappa shape index (κ3) is 6.79. The first-order chi connectivity index (χ1) is 17.5. The fraction of sp³-hybridized carbons (Fsp3) is 0.375. The summed E-state index contributed by atoms with van der Waals surface area (Å²) in [5, 5.41) is 9.21. The van der Waals surface area contributed by atoms with E-state index in [1.807, 2.05) is 42.5 Å². The zero-order valence-electron chi connectivity index (χ0n) is 22.3. The van der Waals surface area contributed by atoms with Crippen LogP contribution in [0.2, 0.25) is 0 Å². The molecule has 0 unspecified atom stereocenters. The number of rotatable bonds is 9. The van der Waals surface area contributed by atoms with Gasteiger partial charge in [0, 0.05) is 31.5 Å². The van der Waals surface area contributed by atoms with Crippen LogP contribution in [0.1, 0.15) is 66.7 Å². The summed E-state index contributed by atoms with van der Waals surface area (Å²) < 4.78 is 6.37. The van der Waals surface area contributed by atoms with Crippen LogP contribution in [-0.4, -0.2) is 40.6 Å². The Bertz CT molecular complexity index is 1240. The van der Waals surface area contributed by atoms with E-state index in [0.717, 1.165) is 23.3 Å². The molecule has 1 N–H and O–H groups in total. The lowest BCUT2D eigenvalue weighted by Gasteiger charge is -2.25. The zero-order chi connectivity index (χ0) is 26.6. The lowest BCUT2D eigenvalue weighted by atomic mass is 9.85. The SMILES string of the molecule is CC(C)(C)c1ccc(C[C@@]2(C)Cc3cc(C(=O)N(CCC(=O)O)CCc4ccccc4)ccc3O2)cc1. The number of hydrogen-bond acceptors (Lipinski definition) is 3. The Morgan fingerprint density at radius 3 is 2.30 bits per heavy atom. The van der Waals surface area contributed by atoms with Gasteiger partial charge < -0.3 is 14.7 Å². The number of ether oxygens (including phenoxy) is 1. The highest BCUT2D eigenvalue weighted by Gasteiger charge is 2.35. The summed E-state index contributed by atoms with van der Waals surface area (Å²) >= 11 is 0. The van der Waals surface area contributed by atoms with Crippen molar-refractivity contribution >= 4 is 11.9 Å². The summed E-state index contributed by atoms with van der Waals surface area (Å²) in [5.41, 5.74) is 4.96. The molecule has 1 aliphatic rings. The van der Waals surface area contributed by atoms with Crippen LogP contribution in [0.3, 0.4) is 0 Å². The van der Waals surface area contributed by atoms with Crippen molar-refractivity contribution < 1.29 is 19.4 Å². The molecular formula is C32H37NO4. The smallest absolute Gasteiger partial charge is 0.305 e. The number of aliphatic carboxylic acids is 1. The van der Waals surface area contributed by atoms with Crippen molar-refractivity contribution in [3.05, 3.63) is 101 Å². The van der Waals surface area contributed by atoms with Crippen LogP contribution in [-0.2, 0) is 29.5 Å². The predicted molar refractivity (Wildman–Crippen MR) is 146 cm³/mol. The number of carbonyl (C=O) groups excluding carboxylic acids is 1. The molecule has 0 aliphatic carbocycles. The first kappa shape index (κ1) is 26.5. The Kier molecular flexibility index (Phi) is 7.72. The fourth-order valence-corrected chi connectivity index (χ4v) is 4.94. The van der Waals surface area contributed by atoms with Crippen LogP contribution in [0.25, 0.3) is 0 Å². The van der Waals surface area contributed by atoms with E-state index in [4.69, 9.17) is 4.74 Å². The maximum atomic E-state index is 13.4. The second kappa shape index (κ2) is 10.8. The van der Waals surface area contributed by atoms with Gasteiger partial charge in [0.05, 0.1) is 6.42 Å². The molecule has 37 heavy (non-hydrogen) atoms. The summed E-state index contributed by atoms with van der Waals surface area (Å²) in [6.45, 7) is 9.39. The normalized spacial score (nSPS) is 16.6. The average Bonchev–Trinajstić information content (AvgIpc) is 3.18. The minimum absolute atomic E-state index is 0.0827. The molecule has 0 spiro atoms. The van der Waals surface area contributed by atoms with Crippen LogP contribution in [0.4, 0.5) is 0 Å². The van der Waals surface area contributed by atoms with E-state index in [9.17, 15) is 14.7 Å². The van der Waals surface area contributed by atoms with Gasteiger partial charge in [0.25, 0.3) is 5.91 Å². The molecular weight excluding hydrogens is 462 g/mol. The summed E-state index contributed by atoms with van der Waals surface area (Å²) in [6, 6.07) is 24.3. The maximum Gasteiger partial charge on any atom is 0.305 e. The molecule has 0 saturated heterocycles. The Labute approximate surface area is 220 Å². The Morgan fingerprint density at radius 1 is 0.946 bits per heavy atom. The molecule has 3 aromatic rings. The van der Waals surface area contributed by atoms with Crippen molar-refractivity contribution in [1.82, 2.24) is 4.90 Å². The molecule has 5 heteroatoms. The lowest BCUT2D eigenvalue weighted by Crippen LogP contribution is -2.35. The number of carboxylic acids is 1. The predicted octanol–water partition coefficient (Wildman–Crippen LogP) is 6.08. The van der Waals surface area contributed by atoms with Gasteiger partial charge in [0.1, 0.15) is 11.4 Å². The molecule has 1 heterocycles. The molecule has 194 valence electrons. The monoisotopic (exact) mass is 499 g/mol. The lowest BCUT2D eigenvalue weighted by molar-refractivity contribution is -0.137. The second-order valence-electron chi connectivity index (χ2n) is 11.3. The standard InChI is InChI=1S/C32H37NO4/c1-31(2,3)27-13-10-24(11-14-27)21-32(4)22-26-20-25(12-15-28(26)37-32)30(36)33(19-17-29(34)35)18-16-23-8-6-5-7-9-23/h5-15,20H,16-19,21-22H2,1-4H3,(H,34,35)/t32-/m0/s1. The molecule has 0 radical (unpaired) electrons. The van der Waals surface area contributed by atoms with Crippen molar-refractivity contribution in [2.45, 2.75) is 64.4 Å². The number of benzene rings is 3. The molecule has 1 amide bonds. The van der Waals surface area contributed by atoms with Gasteiger partial charge in [-0.25, -0.2) is 0 Å². The summed E-state index contributed by atoms with van der Waals surface area (Å²) in [5.74, 6) is -0.246. The van der Waals surface area contributed by atoms with Crippen LogP contribution in [0, 0.1) is 0 Å². The minimum atomic E-state index is -0.911. The Balaban J connectivity index is 1.46. The molecule has 0 aromatic heterocycles. The van der Waals surface area contributed by atoms with Gasteiger partial charge in [-0.05, 0) is 59.2 Å². The van der Waals surface area contributed by atoms with Crippen LogP contribution < -0.4 is 4.74 Å². The number of hydrogen-bond donors (Lipinski definition) is 1. The van der Waals surface area contributed by atoms with Gasteiger partial charge in [-0.3, -0.25) is 9.59 Å². The molecule has 0 fully saturated rings. The van der Waals surface area contributed by atoms with Gasteiger partial charge in [-0.15, -0.1) is 0 Å². The van der Waals surface area contributed by atoms with E-state index in [0.29, 0.717) is 24.9 Å². The van der Waals surface area contributed by atoms with Gasteiger partial charge in [0.2, 0.25) is 0 Å². The highest BCUT2D eigenvalue weighted by Crippen LogP contribution is 2.38. The Morgan fingerprint density at radius 2 is 1.65 bits per heavy atom. The van der Waals surface area contributed by atoms with Crippen molar-refractivity contribution in [2.24, 2.45) is 0 Å². The highest BCUT2D eigenvalue weighted by molar-refractivity contribution is 5.95. The maximum absolute atomic E-state index is 13.4. The quantitative estimate of drug-likeness (QED) is 0.387. The van der Waals surface area contributed by atoms with Crippen molar-refractivity contribution in [2.75, 3.05) is 13.1 Å². The van der Waals surface area contributed by atoms with Crippen LogP contribution in [0.5, 0.6) is 5.75 Å². The third-order valence-electron chi connectivity index (χ3n) is 7.02. The minimum Gasteiger partial charge on any atom is -0.487 e. The van der Waals surface area contributed by atoms with Gasteiger partial charge >= 0.3 is 5.97 Å². The number of carbonyl (C=O) groups is 2. The number of amides is 1. The molecule has 5 nitrogen and oxygen atoms in total. The second-order valence-corrected chi connectivity index (χ2v) is 11.3. The van der Waals surface area contributed by atoms with Gasteiger partial charge in [0.15, 0.2) is 0 Å². The molecule has 0 bridgehead atoms. The molecule has 3 aromatic carbocycles. The van der Waals surface area contributed by atoms with E-state index in [1.54, 1.807) is 11.0 Å². The van der Waals surface area contributed by atoms with E-state index in [1.165, 1.54) is 11.1 Å². The molecule has 1 atom stereocenters. The van der Waals surface area contributed by atoms with Crippen molar-refractivity contribution in [3.8, 4) is 5.75 Å². The van der Waals surface area contributed by atoms with E-state index in [2.05, 4.69) is 52.0 Å². The topological polar surface area (TPSA) is 66.8 Å². The largest absolute Gasteiger partial charge is 0.487 e. The number of nitrogens with zero attached hydrogens (tertiary/aromatic N) is 1. The Hall–Kier alpha value is -3.60. The summed E-state index contributed by atoms with van der Waals surface area (Å²) in [4.78, 5) is 26.3. The number of fused-ring (bicyclic) bond motifs is 1. The molecule has 0 saturated carbocycles. The number of carboxylic acid groups (broad SMARTS) is 1. The van der Waals surface area contributed by atoms with E-state index >= 15 is 0 Å². The summed E-state index contributed by atoms with van der Waals surface area (Å²) in [6.07, 6.45) is 2.08. The highest BCUT2D eigenvalue weighted by atomic mass is 16.5.